The molecule has 0 aliphatic heterocycles. The summed E-state index contributed by atoms with van der Waals surface area (Å²) in [6.45, 7) is 4.88. The van der Waals surface area contributed by atoms with E-state index in [4.69, 9.17) is 5.26 Å². The van der Waals surface area contributed by atoms with Crippen molar-refractivity contribution in [1.29, 1.82) is 5.26 Å². The first kappa shape index (κ1) is 11.3. The van der Waals surface area contributed by atoms with Crippen molar-refractivity contribution < 1.29 is 0 Å². The van der Waals surface area contributed by atoms with Crippen molar-refractivity contribution in [3.8, 4) is 17.3 Å². The molecule has 0 fully saturated rings. The minimum absolute atomic E-state index is 0.393. The summed E-state index contributed by atoms with van der Waals surface area (Å²) in [6.07, 6.45) is 0.965. The first-order valence-corrected chi connectivity index (χ1v) is 5.67. The van der Waals surface area contributed by atoms with E-state index in [1.807, 2.05) is 31.2 Å². The molecule has 0 radical (unpaired) electrons. The zero-order valence-electron chi connectivity index (χ0n) is 10.0. The maximum atomic E-state index is 9.06. The van der Waals surface area contributed by atoms with Crippen LogP contribution in [0.4, 0.5) is 0 Å². The van der Waals surface area contributed by atoms with Gasteiger partial charge in [0.25, 0.3) is 0 Å². The lowest BCUT2D eigenvalue weighted by molar-refractivity contribution is 0.584. The average molecular weight is 226 g/mol. The number of hydrogen-bond acceptors (Lipinski definition) is 3. The van der Waals surface area contributed by atoms with Crippen LogP contribution in [0, 0.1) is 18.3 Å². The molecular formula is C13H14N4. The quantitative estimate of drug-likeness (QED) is 0.808. The number of aromatic nitrogens is 3. The van der Waals surface area contributed by atoms with Gasteiger partial charge in [0.15, 0.2) is 5.69 Å². The number of rotatable bonds is 3. The van der Waals surface area contributed by atoms with E-state index < -0.39 is 0 Å². The number of nitriles is 1. The smallest absolute Gasteiger partial charge is 0.190 e. The summed E-state index contributed by atoms with van der Waals surface area (Å²) < 4.78 is 1.80. The van der Waals surface area contributed by atoms with Crippen molar-refractivity contribution in [3.63, 3.8) is 0 Å². The highest BCUT2D eigenvalue weighted by molar-refractivity contribution is 5.65. The Morgan fingerprint density at radius 3 is 2.88 bits per heavy atom. The van der Waals surface area contributed by atoms with Gasteiger partial charge in [0, 0.05) is 12.1 Å². The molecule has 86 valence electrons. The van der Waals surface area contributed by atoms with Crippen LogP contribution in [-0.4, -0.2) is 15.0 Å². The first-order valence-electron chi connectivity index (χ1n) is 5.67. The van der Waals surface area contributed by atoms with Crippen LogP contribution >= 0.6 is 0 Å². The minimum atomic E-state index is 0.393. The van der Waals surface area contributed by atoms with E-state index in [0.29, 0.717) is 5.69 Å². The fourth-order valence-corrected chi connectivity index (χ4v) is 1.83. The Hall–Kier alpha value is -2.15. The molecule has 0 unspecified atom stereocenters. The van der Waals surface area contributed by atoms with E-state index in [-0.39, 0.29) is 0 Å². The molecule has 4 heteroatoms. The average Bonchev–Trinajstić information content (AvgIpc) is 2.72. The van der Waals surface area contributed by atoms with Gasteiger partial charge in [-0.1, -0.05) is 35.9 Å². The lowest BCUT2D eigenvalue weighted by Gasteiger charge is -2.05. The number of benzene rings is 1. The normalized spacial score (nSPS) is 10.2. The standard InChI is InChI=1S/C13H14N4/c1-3-7-17-13(12(9-14)15-16-17)11-6-4-5-10(2)8-11/h4-6,8H,3,7H2,1-2H3. The van der Waals surface area contributed by atoms with Crippen LogP contribution in [0.1, 0.15) is 24.6 Å². The summed E-state index contributed by atoms with van der Waals surface area (Å²) in [5.41, 5.74) is 3.37. The van der Waals surface area contributed by atoms with Crippen molar-refractivity contribution >= 4 is 0 Å². The highest BCUT2D eigenvalue weighted by Gasteiger charge is 2.13. The number of hydrogen-bond donors (Lipinski definition) is 0. The molecule has 4 nitrogen and oxygen atoms in total. The molecule has 0 spiro atoms. The second-order valence-electron chi connectivity index (χ2n) is 3.99. The van der Waals surface area contributed by atoms with E-state index in [2.05, 4.69) is 23.3 Å². The third-order valence-electron chi connectivity index (χ3n) is 2.57. The van der Waals surface area contributed by atoms with Crippen molar-refractivity contribution in [2.75, 3.05) is 0 Å². The van der Waals surface area contributed by atoms with Gasteiger partial charge in [-0.15, -0.1) is 5.10 Å². The zero-order chi connectivity index (χ0) is 12.3. The molecule has 0 amide bonds. The molecule has 1 aromatic carbocycles. The molecule has 0 atom stereocenters. The third kappa shape index (κ3) is 2.18. The zero-order valence-corrected chi connectivity index (χ0v) is 10.0. The van der Waals surface area contributed by atoms with E-state index in [0.717, 1.165) is 29.8 Å². The fourth-order valence-electron chi connectivity index (χ4n) is 1.83. The summed E-state index contributed by atoms with van der Waals surface area (Å²) in [7, 11) is 0. The molecule has 0 N–H and O–H groups in total. The maximum Gasteiger partial charge on any atom is 0.190 e. The molecule has 0 bridgehead atoms. The van der Waals surface area contributed by atoms with Crippen LogP contribution < -0.4 is 0 Å². The Labute approximate surface area is 101 Å². The third-order valence-corrected chi connectivity index (χ3v) is 2.57. The van der Waals surface area contributed by atoms with Crippen LogP contribution in [-0.2, 0) is 6.54 Å². The molecular weight excluding hydrogens is 212 g/mol. The first-order chi connectivity index (χ1) is 8.26. The second kappa shape index (κ2) is 4.79. The van der Waals surface area contributed by atoms with Crippen molar-refractivity contribution in [1.82, 2.24) is 15.0 Å². The number of nitrogens with zero attached hydrogens (tertiary/aromatic N) is 4. The van der Waals surface area contributed by atoms with Crippen molar-refractivity contribution in [2.24, 2.45) is 0 Å². The SMILES string of the molecule is CCCn1nnc(C#N)c1-c1cccc(C)c1. The lowest BCUT2D eigenvalue weighted by Crippen LogP contribution is -2.02. The van der Waals surface area contributed by atoms with Crippen molar-refractivity contribution in [2.45, 2.75) is 26.8 Å². The van der Waals surface area contributed by atoms with Gasteiger partial charge in [-0.05, 0) is 19.4 Å². The molecule has 2 aromatic rings. The Bertz CT molecular complexity index is 563. The molecule has 1 heterocycles. The second-order valence-corrected chi connectivity index (χ2v) is 3.99. The van der Waals surface area contributed by atoms with E-state index in [1.54, 1.807) is 4.68 Å². The van der Waals surface area contributed by atoms with Gasteiger partial charge in [-0.2, -0.15) is 5.26 Å². The van der Waals surface area contributed by atoms with Crippen LogP contribution in [0.3, 0.4) is 0 Å². The molecule has 0 saturated carbocycles. The highest BCUT2D eigenvalue weighted by atomic mass is 15.4. The molecule has 1 aromatic heterocycles. The molecule has 0 aliphatic carbocycles. The maximum absolute atomic E-state index is 9.06. The largest absolute Gasteiger partial charge is 0.243 e. The fraction of sp³-hybridized carbons (Fsp3) is 0.308. The molecule has 0 aliphatic rings. The monoisotopic (exact) mass is 226 g/mol. The van der Waals surface area contributed by atoms with E-state index in [9.17, 15) is 0 Å². The predicted molar refractivity (Wildman–Crippen MR) is 65.2 cm³/mol. The molecule has 2 rings (SSSR count). The van der Waals surface area contributed by atoms with Crippen LogP contribution in [0.2, 0.25) is 0 Å². The summed E-state index contributed by atoms with van der Waals surface area (Å²) in [6, 6.07) is 10.1. The van der Waals surface area contributed by atoms with Crippen LogP contribution in [0.15, 0.2) is 24.3 Å². The van der Waals surface area contributed by atoms with E-state index >= 15 is 0 Å². The van der Waals surface area contributed by atoms with Crippen LogP contribution in [0.25, 0.3) is 11.3 Å². The Morgan fingerprint density at radius 1 is 1.41 bits per heavy atom. The van der Waals surface area contributed by atoms with Gasteiger partial charge >= 0.3 is 0 Å². The van der Waals surface area contributed by atoms with Gasteiger partial charge in [-0.25, -0.2) is 4.68 Å². The van der Waals surface area contributed by atoms with Crippen molar-refractivity contribution in [3.05, 3.63) is 35.5 Å². The highest BCUT2D eigenvalue weighted by Crippen LogP contribution is 2.22. The Morgan fingerprint density at radius 2 is 2.24 bits per heavy atom. The minimum Gasteiger partial charge on any atom is -0.243 e. The molecule has 0 saturated heterocycles. The topological polar surface area (TPSA) is 54.5 Å². The van der Waals surface area contributed by atoms with Gasteiger partial charge in [0.05, 0.1) is 0 Å². The summed E-state index contributed by atoms with van der Waals surface area (Å²) in [5.74, 6) is 0. The van der Waals surface area contributed by atoms with Gasteiger partial charge in [-0.3, -0.25) is 0 Å². The number of aryl methyl sites for hydroxylation is 2. The summed E-state index contributed by atoms with van der Waals surface area (Å²) in [4.78, 5) is 0. The Kier molecular flexibility index (Phi) is 3.20. The summed E-state index contributed by atoms with van der Waals surface area (Å²) in [5, 5.41) is 17.0. The molecule has 17 heavy (non-hydrogen) atoms. The predicted octanol–water partition coefficient (Wildman–Crippen LogP) is 2.54. The van der Waals surface area contributed by atoms with Gasteiger partial charge in [0.2, 0.25) is 0 Å². The lowest BCUT2D eigenvalue weighted by atomic mass is 10.1. The van der Waals surface area contributed by atoms with Crippen LogP contribution in [0.5, 0.6) is 0 Å². The van der Waals surface area contributed by atoms with Gasteiger partial charge < -0.3 is 0 Å². The van der Waals surface area contributed by atoms with E-state index in [1.165, 1.54) is 0 Å². The summed E-state index contributed by atoms with van der Waals surface area (Å²) >= 11 is 0. The van der Waals surface area contributed by atoms with Gasteiger partial charge in [0.1, 0.15) is 11.8 Å². The Balaban J connectivity index is 2.56.